The highest BCUT2D eigenvalue weighted by molar-refractivity contribution is 6.10. The minimum atomic E-state index is -1.04. The van der Waals surface area contributed by atoms with Crippen LogP contribution in [0, 0.1) is 0 Å². The molecule has 5 heteroatoms. The molecule has 0 aromatic heterocycles. The molecule has 4 N–H and O–H groups in total. The third-order valence-electron chi connectivity index (χ3n) is 3.79. The number of carbonyl (C=O) groups excluding carboxylic acids is 1. The maximum atomic E-state index is 12.7. The van der Waals surface area contributed by atoms with Gasteiger partial charge in [0.25, 0.3) is 5.91 Å². The van der Waals surface area contributed by atoms with Gasteiger partial charge in [-0.2, -0.15) is 0 Å². The van der Waals surface area contributed by atoms with E-state index in [9.17, 15) is 14.7 Å². The third-order valence-corrected chi connectivity index (χ3v) is 3.79. The Balaban J connectivity index is 2.00. The molecule has 0 aliphatic rings. The first-order valence-corrected chi connectivity index (χ1v) is 7.65. The molecule has 0 heterocycles. The van der Waals surface area contributed by atoms with Crippen molar-refractivity contribution in [2.24, 2.45) is 0 Å². The fourth-order valence-electron chi connectivity index (χ4n) is 2.59. The molecule has 0 aliphatic carbocycles. The Labute approximate surface area is 144 Å². The number of nitrogen functional groups attached to an aromatic ring is 1. The Bertz CT molecular complexity index is 934. The van der Waals surface area contributed by atoms with Gasteiger partial charge in [-0.25, -0.2) is 4.79 Å². The van der Waals surface area contributed by atoms with Crippen molar-refractivity contribution in [2.45, 2.75) is 0 Å². The summed E-state index contributed by atoms with van der Waals surface area (Å²) >= 11 is 0. The summed E-state index contributed by atoms with van der Waals surface area (Å²) in [5.41, 5.74) is 8.47. The van der Waals surface area contributed by atoms with Crippen molar-refractivity contribution < 1.29 is 14.7 Å². The number of hydrogen-bond acceptors (Lipinski definition) is 3. The number of hydrogen-bond donors (Lipinski definition) is 3. The van der Waals surface area contributed by atoms with Gasteiger partial charge in [-0.1, -0.05) is 36.4 Å². The zero-order chi connectivity index (χ0) is 17.8. The van der Waals surface area contributed by atoms with E-state index >= 15 is 0 Å². The van der Waals surface area contributed by atoms with Crippen LogP contribution in [-0.4, -0.2) is 17.0 Å². The van der Waals surface area contributed by atoms with Gasteiger partial charge in [0.2, 0.25) is 0 Å². The predicted octanol–water partition coefficient (Wildman–Crippen LogP) is 3.89. The topological polar surface area (TPSA) is 92.4 Å². The van der Waals surface area contributed by atoms with Crippen molar-refractivity contribution in [3.05, 3.63) is 83.9 Å². The molecule has 0 unspecified atom stereocenters. The number of amides is 1. The molecular weight excluding hydrogens is 316 g/mol. The van der Waals surface area contributed by atoms with Crippen molar-refractivity contribution in [3.8, 4) is 11.1 Å². The highest BCUT2D eigenvalue weighted by atomic mass is 16.4. The van der Waals surface area contributed by atoms with E-state index in [1.54, 1.807) is 66.7 Å². The summed E-state index contributed by atoms with van der Waals surface area (Å²) < 4.78 is 0. The summed E-state index contributed by atoms with van der Waals surface area (Å²) in [6.07, 6.45) is 0. The van der Waals surface area contributed by atoms with E-state index in [0.29, 0.717) is 28.1 Å². The van der Waals surface area contributed by atoms with Crippen molar-refractivity contribution in [1.29, 1.82) is 0 Å². The fourth-order valence-corrected chi connectivity index (χ4v) is 2.59. The summed E-state index contributed by atoms with van der Waals surface area (Å²) in [7, 11) is 0. The van der Waals surface area contributed by atoms with Gasteiger partial charge in [-0.3, -0.25) is 4.79 Å². The number of anilines is 2. The molecule has 0 bridgehead atoms. The molecule has 124 valence electrons. The van der Waals surface area contributed by atoms with Gasteiger partial charge in [0.1, 0.15) is 0 Å². The van der Waals surface area contributed by atoms with Gasteiger partial charge in [-0.05, 0) is 47.5 Å². The Hall–Kier alpha value is -3.60. The number of carboxylic acid groups (broad SMARTS) is 1. The van der Waals surface area contributed by atoms with Crippen LogP contribution in [-0.2, 0) is 0 Å². The molecule has 25 heavy (non-hydrogen) atoms. The Morgan fingerprint density at radius 2 is 1.28 bits per heavy atom. The molecule has 1 amide bonds. The van der Waals surface area contributed by atoms with Crippen LogP contribution in [0.5, 0.6) is 0 Å². The lowest BCUT2D eigenvalue weighted by Crippen LogP contribution is -2.13. The first-order chi connectivity index (χ1) is 12.1. The fraction of sp³-hybridized carbons (Fsp3) is 0. The minimum absolute atomic E-state index is 0.148. The number of rotatable bonds is 4. The molecule has 3 aromatic carbocycles. The number of carboxylic acids is 1. The number of nitrogens with one attached hydrogen (secondary N) is 1. The van der Waals surface area contributed by atoms with E-state index in [1.807, 2.05) is 0 Å². The van der Waals surface area contributed by atoms with Crippen molar-refractivity contribution in [2.75, 3.05) is 11.1 Å². The van der Waals surface area contributed by atoms with E-state index in [-0.39, 0.29) is 11.5 Å². The van der Waals surface area contributed by atoms with E-state index in [0.717, 1.165) is 0 Å². The average Bonchev–Trinajstić information content (AvgIpc) is 2.63. The van der Waals surface area contributed by atoms with Crippen LogP contribution in [0.15, 0.2) is 72.8 Å². The Morgan fingerprint density at radius 3 is 1.88 bits per heavy atom. The molecule has 5 nitrogen and oxygen atoms in total. The second kappa shape index (κ2) is 6.88. The standard InChI is InChI=1S/C20H16N2O3/c21-13-9-11-14(12-10-13)22-19(23)17-7-3-1-5-15(17)16-6-2-4-8-18(16)20(24)25/h1-12H,21H2,(H,22,23)(H,24,25). The lowest BCUT2D eigenvalue weighted by atomic mass is 9.95. The summed E-state index contributed by atoms with van der Waals surface area (Å²) in [5, 5.41) is 12.2. The monoisotopic (exact) mass is 332 g/mol. The second-order valence-corrected chi connectivity index (χ2v) is 5.47. The molecule has 3 aromatic rings. The van der Waals surface area contributed by atoms with Crippen molar-refractivity contribution in [3.63, 3.8) is 0 Å². The van der Waals surface area contributed by atoms with Gasteiger partial charge in [0.15, 0.2) is 0 Å². The summed E-state index contributed by atoms with van der Waals surface area (Å²) in [6, 6.07) is 20.3. The zero-order valence-electron chi connectivity index (χ0n) is 13.3. The highest BCUT2D eigenvalue weighted by Gasteiger charge is 2.17. The van der Waals surface area contributed by atoms with Gasteiger partial charge in [-0.15, -0.1) is 0 Å². The first-order valence-electron chi connectivity index (χ1n) is 7.65. The van der Waals surface area contributed by atoms with Crippen molar-refractivity contribution in [1.82, 2.24) is 0 Å². The van der Waals surface area contributed by atoms with Gasteiger partial charge >= 0.3 is 5.97 Å². The smallest absolute Gasteiger partial charge is 0.336 e. The molecule has 0 saturated heterocycles. The summed E-state index contributed by atoms with van der Waals surface area (Å²) in [5.74, 6) is -1.36. The maximum absolute atomic E-state index is 12.7. The van der Waals surface area contributed by atoms with E-state index in [1.165, 1.54) is 6.07 Å². The molecule has 0 aliphatic heterocycles. The van der Waals surface area contributed by atoms with Crippen LogP contribution in [0.1, 0.15) is 20.7 Å². The second-order valence-electron chi connectivity index (χ2n) is 5.47. The molecule has 0 radical (unpaired) electrons. The number of benzene rings is 3. The van der Waals surface area contributed by atoms with Crippen molar-refractivity contribution >= 4 is 23.3 Å². The summed E-state index contributed by atoms with van der Waals surface area (Å²) in [6.45, 7) is 0. The lowest BCUT2D eigenvalue weighted by molar-refractivity contribution is 0.0697. The highest BCUT2D eigenvalue weighted by Crippen LogP contribution is 2.28. The number of carbonyl (C=O) groups is 2. The van der Waals surface area contributed by atoms with E-state index < -0.39 is 5.97 Å². The predicted molar refractivity (Wildman–Crippen MR) is 97.6 cm³/mol. The summed E-state index contributed by atoms with van der Waals surface area (Å²) in [4.78, 5) is 24.2. The lowest BCUT2D eigenvalue weighted by Gasteiger charge is -2.12. The molecule has 0 spiro atoms. The van der Waals surface area contributed by atoms with Crippen LogP contribution in [0.2, 0.25) is 0 Å². The average molecular weight is 332 g/mol. The first kappa shape index (κ1) is 16.3. The van der Waals surface area contributed by atoms with Crippen LogP contribution in [0.4, 0.5) is 11.4 Å². The Kier molecular flexibility index (Phi) is 4.48. The van der Waals surface area contributed by atoms with E-state index in [2.05, 4.69) is 5.32 Å². The van der Waals surface area contributed by atoms with Gasteiger partial charge in [0, 0.05) is 16.9 Å². The van der Waals surface area contributed by atoms with Crippen LogP contribution >= 0.6 is 0 Å². The Morgan fingerprint density at radius 1 is 0.760 bits per heavy atom. The van der Waals surface area contributed by atoms with Gasteiger partial charge < -0.3 is 16.2 Å². The molecule has 0 atom stereocenters. The van der Waals surface area contributed by atoms with Crippen LogP contribution < -0.4 is 11.1 Å². The molecule has 3 rings (SSSR count). The number of aromatic carboxylic acids is 1. The quantitative estimate of drug-likeness (QED) is 0.632. The van der Waals surface area contributed by atoms with Gasteiger partial charge in [0.05, 0.1) is 5.56 Å². The molecule has 0 saturated carbocycles. The zero-order valence-corrected chi connectivity index (χ0v) is 13.3. The molecule has 0 fully saturated rings. The van der Waals surface area contributed by atoms with E-state index in [4.69, 9.17) is 5.73 Å². The third kappa shape index (κ3) is 3.50. The van der Waals surface area contributed by atoms with Crippen LogP contribution in [0.25, 0.3) is 11.1 Å². The largest absolute Gasteiger partial charge is 0.478 e. The molecular formula is C20H16N2O3. The maximum Gasteiger partial charge on any atom is 0.336 e. The minimum Gasteiger partial charge on any atom is -0.478 e. The normalized spacial score (nSPS) is 10.2. The SMILES string of the molecule is Nc1ccc(NC(=O)c2ccccc2-c2ccccc2C(=O)O)cc1. The number of nitrogens with two attached hydrogens (primary N) is 1. The van der Waals surface area contributed by atoms with Crippen LogP contribution in [0.3, 0.4) is 0 Å².